The van der Waals surface area contributed by atoms with E-state index in [9.17, 15) is 4.39 Å². The Kier molecular flexibility index (Phi) is 5.70. The first-order chi connectivity index (χ1) is 9.52. The van der Waals surface area contributed by atoms with E-state index in [1.807, 2.05) is 0 Å². The van der Waals surface area contributed by atoms with Gasteiger partial charge in [-0.3, -0.25) is 0 Å². The molecule has 1 nitrogen and oxygen atoms in total. The molecule has 0 aliphatic heterocycles. The van der Waals surface area contributed by atoms with Gasteiger partial charge < -0.3 is 5.32 Å². The van der Waals surface area contributed by atoms with Gasteiger partial charge in [-0.2, -0.15) is 0 Å². The van der Waals surface area contributed by atoms with Gasteiger partial charge in [0.15, 0.2) is 0 Å². The van der Waals surface area contributed by atoms with Crippen LogP contribution in [0.1, 0.15) is 30.5 Å². The van der Waals surface area contributed by atoms with Gasteiger partial charge in [0.25, 0.3) is 0 Å². The molecule has 0 aliphatic carbocycles. The summed E-state index contributed by atoms with van der Waals surface area (Å²) in [7, 11) is 0. The Morgan fingerprint density at radius 2 is 1.95 bits per heavy atom. The zero-order chi connectivity index (χ0) is 14.7. The first-order valence-corrected chi connectivity index (χ1v) is 8.11. The van der Waals surface area contributed by atoms with E-state index in [0.717, 1.165) is 18.5 Å². The molecule has 0 saturated heterocycles. The molecule has 1 aromatic carbocycles. The summed E-state index contributed by atoms with van der Waals surface area (Å²) in [6, 6.07) is 5.84. The Bertz CT molecular complexity index is 600. The number of halogens is 4. The molecule has 0 amide bonds. The average molecular weight is 353 g/mol. The molecule has 6 heteroatoms. The normalized spacial score (nSPS) is 12.7. The third-order valence-electron chi connectivity index (χ3n) is 2.86. The lowest BCUT2D eigenvalue weighted by molar-refractivity contribution is 0.587. The van der Waals surface area contributed by atoms with E-state index in [2.05, 4.69) is 12.2 Å². The second kappa shape index (κ2) is 7.10. The number of nitrogens with one attached hydrogen (secondary N) is 1. The molecule has 0 aliphatic rings. The SMILES string of the molecule is CCCNC(c1cc(F)ccc1Cl)c1cc(Cl)sc1Cl. The fraction of sp³-hybridized carbons (Fsp3) is 0.286. The largest absolute Gasteiger partial charge is 0.306 e. The number of hydrogen-bond donors (Lipinski definition) is 1. The summed E-state index contributed by atoms with van der Waals surface area (Å²) in [6.45, 7) is 2.82. The molecule has 0 saturated carbocycles. The van der Waals surface area contributed by atoms with Crippen molar-refractivity contribution in [2.24, 2.45) is 0 Å². The molecular formula is C14H13Cl3FNS. The van der Waals surface area contributed by atoms with Crippen molar-refractivity contribution in [1.82, 2.24) is 5.32 Å². The van der Waals surface area contributed by atoms with Gasteiger partial charge in [-0.05, 0) is 42.8 Å². The lowest BCUT2D eigenvalue weighted by Crippen LogP contribution is -2.23. The average Bonchev–Trinajstić information content (AvgIpc) is 2.73. The van der Waals surface area contributed by atoms with Crippen LogP contribution in [0.3, 0.4) is 0 Å². The van der Waals surface area contributed by atoms with Crippen LogP contribution in [0.4, 0.5) is 4.39 Å². The van der Waals surface area contributed by atoms with Crippen molar-refractivity contribution in [2.45, 2.75) is 19.4 Å². The minimum Gasteiger partial charge on any atom is -0.306 e. The van der Waals surface area contributed by atoms with Gasteiger partial charge >= 0.3 is 0 Å². The number of benzene rings is 1. The number of hydrogen-bond acceptors (Lipinski definition) is 2. The molecular weight excluding hydrogens is 340 g/mol. The van der Waals surface area contributed by atoms with E-state index in [0.29, 0.717) is 19.3 Å². The van der Waals surface area contributed by atoms with Crippen LogP contribution in [0.25, 0.3) is 0 Å². The second-order valence-corrected chi connectivity index (χ2v) is 7.03. The third kappa shape index (κ3) is 3.66. The molecule has 1 N–H and O–H groups in total. The van der Waals surface area contributed by atoms with Crippen molar-refractivity contribution in [3.8, 4) is 0 Å². The van der Waals surface area contributed by atoms with Gasteiger partial charge in [0.2, 0.25) is 0 Å². The van der Waals surface area contributed by atoms with Gasteiger partial charge in [0.05, 0.1) is 14.7 Å². The summed E-state index contributed by atoms with van der Waals surface area (Å²) >= 11 is 19.7. The van der Waals surface area contributed by atoms with Gasteiger partial charge in [-0.1, -0.05) is 41.7 Å². The lowest BCUT2D eigenvalue weighted by atomic mass is 10.0. The van der Waals surface area contributed by atoms with Crippen molar-refractivity contribution in [3.05, 3.63) is 54.9 Å². The topological polar surface area (TPSA) is 12.0 Å². The standard InChI is InChI=1S/C14H13Cl3FNS/c1-2-5-19-13(10-7-12(16)20-14(10)17)9-6-8(18)3-4-11(9)15/h3-4,6-7,13,19H,2,5H2,1H3. The minimum atomic E-state index is -0.329. The molecule has 1 atom stereocenters. The van der Waals surface area contributed by atoms with Crippen molar-refractivity contribution in [3.63, 3.8) is 0 Å². The fourth-order valence-electron chi connectivity index (χ4n) is 1.96. The molecule has 20 heavy (non-hydrogen) atoms. The molecule has 1 aromatic heterocycles. The molecule has 2 aromatic rings. The molecule has 0 spiro atoms. The van der Waals surface area contributed by atoms with Gasteiger partial charge in [-0.25, -0.2) is 4.39 Å². The van der Waals surface area contributed by atoms with Gasteiger partial charge in [0.1, 0.15) is 5.82 Å². The van der Waals surface area contributed by atoms with E-state index in [-0.39, 0.29) is 11.9 Å². The molecule has 0 radical (unpaired) electrons. The minimum absolute atomic E-state index is 0.269. The number of thiophene rings is 1. The summed E-state index contributed by atoms with van der Waals surface area (Å²) in [6.07, 6.45) is 0.943. The monoisotopic (exact) mass is 351 g/mol. The lowest BCUT2D eigenvalue weighted by Gasteiger charge is -2.20. The fourth-order valence-corrected chi connectivity index (χ4v) is 3.72. The summed E-state index contributed by atoms with van der Waals surface area (Å²) in [5, 5.41) is 3.84. The third-order valence-corrected chi connectivity index (χ3v) is 4.72. The molecule has 1 unspecified atom stereocenters. The van der Waals surface area contributed by atoms with Gasteiger partial charge in [0, 0.05) is 10.6 Å². The van der Waals surface area contributed by atoms with Crippen molar-refractivity contribution in [1.29, 1.82) is 0 Å². The Morgan fingerprint density at radius 1 is 1.20 bits per heavy atom. The van der Waals surface area contributed by atoms with Crippen LogP contribution in [0, 0.1) is 5.82 Å². The van der Waals surface area contributed by atoms with E-state index in [1.165, 1.54) is 23.5 Å². The molecule has 1 heterocycles. The highest BCUT2D eigenvalue weighted by atomic mass is 35.5. The van der Waals surface area contributed by atoms with Crippen LogP contribution in [0.2, 0.25) is 13.7 Å². The zero-order valence-corrected chi connectivity index (χ0v) is 13.8. The van der Waals surface area contributed by atoms with Crippen LogP contribution in [0.5, 0.6) is 0 Å². The molecule has 0 fully saturated rings. The molecule has 2 rings (SSSR count). The summed E-state index contributed by atoms with van der Waals surface area (Å²) in [4.78, 5) is 0. The van der Waals surface area contributed by atoms with E-state index >= 15 is 0 Å². The Labute approximate surface area is 136 Å². The van der Waals surface area contributed by atoms with E-state index < -0.39 is 0 Å². The van der Waals surface area contributed by atoms with Crippen LogP contribution in [0.15, 0.2) is 24.3 Å². The molecule has 108 valence electrons. The quantitative estimate of drug-likeness (QED) is 0.702. The van der Waals surface area contributed by atoms with Crippen molar-refractivity contribution < 1.29 is 4.39 Å². The Morgan fingerprint density at radius 3 is 2.55 bits per heavy atom. The van der Waals surface area contributed by atoms with E-state index in [1.54, 1.807) is 12.1 Å². The van der Waals surface area contributed by atoms with Gasteiger partial charge in [-0.15, -0.1) is 11.3 Å². The van der Waals surface area contributed by atoms with E-state index in [4.69, 9.17) is 34.8 Å². The van der Waals surface area contributed by atoms with Crippen LogP contribution < -0.4 is 5.32 Å². The van der Waals surface area contributed by atoms with Crippen molar-refractivity contribution in [2.75, 3.05) is 6.54 Å². The smallest absolute Gasteiger partial charge is 0.123 e. The number of rotatable bonds is 5. The highest BCUT2D eigenvalue weighted by molar-refractivity contribution is 7.20. The van der Waals surface area contributed by atoms with Crippen LogP contribution in [-0.2, 0) is 0 Å². The van der Waals surface area contributed by atoms with Crippen molar-refractivity contribution >= 4 is 46.1 Å². The maximum atomic E-state index is 13.5. The highest BCUT2D eigenvalue weighted by Crippen LogP contribution is 2.39. The molecule has 0 bridgehead atoms. The predicted octanol–water partition coefficient (Wildman–Crippen LogP) is 5.94. The summed E-state index contributed by atoms with van der Waals surface area (Å²) in [5.41, 5.74) is 1.49. The first kappa shape index (κ1) is 16.1. The summed E-state index contributed by atoms with van der Waals surface area (Å²) < 4.78 is 14.7. The van der Waals surface area contributed by atoms with Crippen LogP contribution >= 0.6 is 46.1 Å². The maximum absolute atomic E-state index is 13.5. The van der Waals surface area contributed by atoms with Crippen LogP contribution in [-0.4, -0.2) is 6.54 Å². The zero-order valence-electron chi connectivity index (χ0n) is 10.7. The Balaban J connectivity index is 2.46. The maximum Gasteiger partial charge on any atom is 0.123 e. The Hall–Kier alpha value is -0.320. The predicted molar refractivity (Wildman–Crippen MR) is 85.9 cm³/mol. The second-order valence-electron chi connectivity index (χ2n) is 4.33. The first-order valence-electron chi connectivity index (χ1n) is 6.16. The summed E-state index contributed by atoms with van der Waals surface area (Å²) in [5.74, 6) is -0.329. The highest BCUT2D eigenvalue weighted by Gasteiger charge is 2.21.